The molecular weight excluding hydrogens is 1280 g/mol. The van der Waals surface area contributed by atoms with E-state index in [1.54, 1.807) is 0 Å². The second kappa shape index (κ2) is 73.4. The molecule has 0 aromatic rings. The molecule has 0 saturated heterocycles. The molecule has 0 radical (unpaired) electrons. The number of aliphatic hydroxyl groups excluding tert-OH is 1. The van der Waals surface area contributed by atoms with Crippen molar-refractivity contribution < 1.29 is 80.2 Å². The maximum Gasteiger partial charge on any atom is 0.472 e. The van der Waals surface area contributed by atoms with Crippen molar-refractivity contribution in [3.05, 3.63) is 0 Å². The molecule has 0 heterocycles. The number of rotatable bonds is 80. The highest BCUT2D eigenvalue weighted by atomic mass is 31.2. The minimum Gasteiger partial charge on any atom is -0.462 e. The fraction of sp³-hybridized carbons (Fsp3) is 0.949. The van der Waals surface area contributed by atoms with E-state index in [1.165, 1.54) is 244 Å². The van der Waals surface area contributed by atoms with Crippen LogP contribution in [0.1, 0.15) is 426 Å². The van der Waals surface area contributed by atoms with Crippen LogP contribution in [0.4, 0.5) is 0 Å². The van der Waals surface area contributed by atoms with Crippen molar-refractivity contribution >= 4 is 39.5 Å². The number of carbonyl (C=O) groups excluding carboxylic acids is 4. The third-order valence-corrected chi connectivity index (χ3v) is 20.5. The smallest absolute Gasteiger partial charge is 0.462 e. The predicted octanol–water partition coefficient (Wildman–Crippen LogP) is 23.8. The lowest BCUT2D eigenvalue weighted by atomic mass is 10.0. The highest BCUT2D eigenvalue weighted by Crippen LogP contribution is 2.45. The quantitative estimate of drug-likeness (QED) is 0.0222. The van der Waals surface area contributed by atoms with Gasteiger partial charge < -0.3 is 33.8 Å². The number of aliphatic hydroxyl groups is 1. The third kappa shape index (κ3) is 72.4. The average Bonchev–Trinajstić information content (AvgIpc) is 0.974. The zero-order valence-corrected chi connectivity index (χ0v) is 65.6. The summed E-state index contributed by atoms with van der Waals surface area (Å²) in [5.41, 5.74) is 0. The van der Waals surface area contributed by atoms with Crippen molar-refractivity contribution in [1.29, 1.82) is 0 Å². The molecule has 0 aliphatic rings. The molecule has 3 N–H and O–H groups in total. The van der Waals surface area contributed by atoms with E-state index in [4.69, 9.17) is 37.0 Å². The van der Waals surface area contributed by atoms with Crippen LogP contribution in [0, 0.1) is 0 Å². The topological polar surface area (TPSA) is 237 Å². The highest BCUT2D eigenvalue weighted by Gasteiger charge is 2.30. The van der Waals surface area contributed by atoms with Crippen LogP contribution in [0.25, 0.3) is 0 Å². The summed E-state index contributed by atoms with van der Waals surface area (Å²) in [6.45, 7) is 4.96. The number of phosphoric ester groups is 2. The van der Waals surface area contributed by atoms with Gasteiger partial charge >= 0.3 is 39.5 Å². The molecule has 0 fully saturated rings. The lowest BCUT2D eigenvalue weighted by Crippen LogP contribution is -2.30. The summed E-state index contributed by atoms with van der Waals surface area (Å²) in [6, 6.07) is 0. The summed E-state index contributed by atoms with van der Waals surface area (Å²) in [6.07, 6.45) is 65.5. The monoisotopic (exact) mass is 1440 g/mol. The van der Waals surface area contributed by atoms with Gasteiger partial charge in [-0.3, -0.25) is 37.3 Å². The standard InChI is InChI=1S/C79H154O17P2/c1-5-9-13-17-21-24-27-30-32-34-35-36-37-38-40-42-44-47-50-54-58-62-66-79(84)96-75(70-90-77(82)64-60-56-52-48-46-43-41-39-33-31-28-25-22-18-14-10-6-2)72-94-98(87,88)92-68-73(80)67-91-97(85,86)93-71-74(69-89-76(81)63-59-55-51-20-16-12-8-4)95-78(83)65-61-57-53-49-45-29-26-23-19-15-11-7-3/h73-75,80H,5-72H2,1-4H3,(H,85,86)(H,87,88)/t73-,74+,75+/m0/s1. The van der Waals surface area contributed by atoms with Gasteiger partial charge in [0.1, 0.15) is 19.3 Å². The Morgan fingerprint density at radius 2 is 0.408 bits per heavy atom. The molecule has 0 aromatic heterocycles. The molecule has 2 unspecified atom stereocenters. The van der Waals surface area contributed by atoms with Crippen molar-refractivity contribution in [2.45, 2.75) is 444 Å². The van der Waals surface area contributed by atoms with Crippen LogP contribution in [0.5, 0.6) is 0 Å². The molecule has 0 aliphatic heterocycles. The summed E-state index contributed by atoms with van der Waals surface area (Å²) in [5, 5.41) is 10.6. The van der Waals surface area contributed by atoms with E-state index in [9.17, 15) is 43.2 Å². The van der Waals surface area contributed by atoms with Crippen molar-refractivity contribution in [3.8, 4) is 0 Å². The van der Waals surface area contributed by atoms with Gasteiger partial charge in [-0.05, 0) is 25.7 Å². The minimum atomic E-state index is -4.96. The molecular formula is C79H154O17P2. The zero-order valence-electron chi connectivity index (χ0n) is 63.8. The number of carbonyl (C=O) groups is 4. The second-order valence-electron chi connectivity index (χ2n) is 28.5. The molecule has 98 heavy (non-hydrogen) atoms. The Hall–Kier alpha value is -1.94. The van der Waals surface area contributed by atoms with Crippen LogP contribution < -0.4 is 0 Å². The summed E-state index contributed by atoms with van der Waals surface area (Å²) in [4.78, 5) is 72.7. The number of phosphoric acid groups is 2. The SMILES string of the molecule is CCCCCCCCCCCCCCCCCCCCCCCCC(=O)O[C@H](COC(=O)CCCCCCCCCCCCCCCCCCC)COP(=O)(O)OC[C@@H](O)COP(=O)(O)OC[C@@H](COC(=O)CCCCCCCCC)OC(=O)CCCCCCCCCCCCCC. The fourth-order valence-electron chi connectivity index (χ4n) is 12.3. The lowest BCUT2D eigenvalue weighted by molar-refractivity contribution is -0.161. The summed E-state index contributed by atoms with van der Waals surface area (Å²) < 4.78 is 68.5. The van der Waals surface area contributed by atoms with Crippen molar-refractivity contribution in [2.24, 2.45) is 0 Å². The first-order chi connectivity index (χ1) is 47.7. The van der Waals surface area contributed by atoms with Gasteiger partial charge in [-0.25, -0.2) is 9.13 Å². The van der Waals surface area contributed by atoms with Crippen LogP contribution in [0.3, 0.4) is 0 Å². The second-order valence-corrected chi connectivity index (χ2v) is 31.4. The molecule has 582 valence electrons. The molecule has 0 rings (SSSR count). The fourth-order valence-corrected chi connectivity index (χ4v) is 13.9. The zero-order chi connectivity index (χ0) is 71.8. The van der Waals surface area contributed by atoms with Crippen molar-refractivity contribution in [1.82, 2.24) is 0 Å². The molecule has 0 amide bonds. The van der Waals surface area contributed by atoms with Gasteiger partial charge in [-0.1, -0.05) is 374 Å². The summed E-state index contributed by atoms with van der Waals surface area (Å²) in [7, 11) is -9.91. The maximum absolute atomic E-state index is 13.1. The highest BCUT2D eigenvalue weighted by molar-refractivity contribution is 7.47. The Bertz CT molecular complexity index is 1860. The molecule has 0 aliphatic carbocycles. The minimum absolute atomic E-state index is 0.108. The van der Waals surface area contributed by atoms with Crippen molar-refractivity contribution in [2.75, 3.05) is 39.6 Å². The Kier molecular flexibility index (Phi) is 71.9. The van der Waals surface area contributed by atoms with Gasteiger partial charge in [0.2, 0.25) is 0 Å². The first-order valence-electron chi connectivity index (χ1n) is 41.3. The summed E-state index contributed by atoms with van der Waals surface area (Å²) >= 11 is 0. The van der Waals surface area contributed by atoms with Crippen LogP contribution in [0.15, 0.2) is 0 Å². The molecule has 0 saturated carbocycles. The van der Waals surface area contributed by atoms with E-state index < -0.39 is 97.5 Å². The van der Waals surface area contributed by atoms with Gasteiger partial charge in [0, 0.05) is 25.7 Å². The van der Waals surface area contributed by atoms with Crippen LogP contribution in [-0.4, -0.2) is 96.7 Å². The third-order valence-electron chi connectivity index (χ3n) is 18.6. The summed E-state index contributed by atoms with van der Waals surface area (Å²) in [5.74, 6) is -2.11. The Labute approximate surface area is 600 Å². The van der Waals surface area contributed by atoms with E-state index in [-0.39, 0.29) is 25.7 Å². The number of esters is 4. The molecule has 0 spiro atoms. The number of unbranched alkanes of at least 4 members (excludes halogenated alkanes) is 54. The van der Waals surface area contributed by atoms with Gasteiger partial charge in [0.25, 0.3) is 0 Å². The first-order valence-corrected chi connectivity index (χ1v) is 44.3. The number of ether oxygens (including phenoxy) is 4. The van der Waals surface area contributed by atoms with E-state index in [1.807, 2.05) is 0 Å². The van der Waals surface area contributed by atoms with Crippen LogP contribution >= 0.6 is 15.6 Å². The molecule has 19 heteroatoms. The Balaban J connectivity index is 5.15. The molecule has 17 nitrogen and oxygen atoms in total. The lowest BCUT2D eigenvalue weighted by Gasteiger charge is -2.21. The van der Waals surface area contributed by atoms with Crippen LogP contribution in [-0.2, 0) is 65.4 Å². The predicted molar refractivity (Wildman–Crippen MR) is 400 cm³/mol. The van der Waals surface area contributed by atoms with Gasteiger partial charge in [0.05, 0.1) is 26.4 Å². The van der Waals surface area contributed by atoms with Gasteiger partial charge in [-0.2, -0.15) is 0 Å². The number of hydrogen-bond acceptors (Lipinski definition) is 15. The Morgan fingerprint density at radius 3 is 0.602 bits per heavy atom. The number of hydrogen-bond donors (Lipinski definition) is 3. The maximum atomic E-state index is 13.1. The van der Waals surface area contributed by atoms with E-state index in [2.05, 4.69) is 27.7 Å². The van der Waals surface area contributed by atoms with E-state index >= 15 is 0 Å². The largest absolute Gasteiger partial charge is 0.472 e. The molecule has 5 atom stereocenters. The van der Waals surface area contributed by atoms with E-state index in [0.29, 0.717) is 25.7 Å². The van der Waals surface area contributed by atoms with Gasteiger partial charge in [0.15, 0.2) is 12.2 Å². The molecule has 0 aromatic carbocycles. The first kappa shape index (κ1) is 96.1. The van der Waals surface area contributed by atoms with E-state index in [0.717, 1.165) is 103 Å². The Morgan fingerprint density at radius 1 is 0.245 bits per heavy atom. The van der Waals surface area contributed by atoms with Gasteiger partial charge in [-0.15, -0.1) is 0 Å². The normalized spacial score (nSPS) is 13.8. The van der Waals surface area contributed by atoms with Crippen molar-refractivity contribution in [3.63, 3.8) is 0 Å². The van der Waals surface area contributed by atoms with Crippen LogP contribution in [0.2, 0.25) is 0 Å². The molecule has 0 bridgehead atoms. The average molecular weight is 1440 g/mol.